The Morgan fingerprint density at radius 1 is 0.821 bits per heavy atom. The first-order valence-electron chi connectivity index (χ1n) is 10.4. The highest BCUT2D eigenvalue weighted by atomic mass is 16.2. The van der Waals surface area contributed by atoms with Crippen molar-refractivity contribution in [2.45, 2.75) is 51.4 Å². The van der Waals surface area contributed by atoms with Crippen molar-refractivity contribution in [3.05, 3.63) is 35.9 Å². The Morgan fingerprint density at radius 2 is 1.39 bits per heavy atom. The predicted molar refractivity (Wildman–Crippen MR) is 105 cm³/mol. The molecule has 6 nitrogen and oxygen atoms in total. The van der Waals surface area contributed by atoms with Gasteiger partial charge in [0.15, 0.2) is 0 Å². The second-order valence-electron chi connectivity index (χ2n) is 9.13. The Labute approximate surface area is 165 Å². The molecule has 4 bridgehead atoms. The molecular formula is C22H29N3O3. The molecule has 4 aliphatic rings. The second kappa shape index (κ2) is 7.94. The molecule has 0 aromatic heterocycles. The van der Waals surface area contributed by atoms with Crippen LogP contribution in [0.5, 0.6) is 0 Å². The van der Waals surface area contributed by atoms with E-state index in [1.165, 1.54) is 19.3 Å². The molecule has 1 aromatic carbocycles. The summed E-state index contributed by atoms with van der Waals surface area (Å²) in [6.45, 7) is -0.149. The van der Waals surface area contributed by atoms with Crippen molar-refractivity contribution in [3.63, 3.8) is 0 Å². The van der Waals surface area contributed by atoms with E-state index in [-0.39, 0.29) is 30.2 Å². The Kier molecular flexibility index (Phi) is 5.38. The molecule has 3 N–H and O–H groups in total. The highest BCUT2D eigenvalue weighted by Crippen LogP contribution is 2.61. The van der Waals surface area contributed by atoms with E-state index in [1.54, 1.807) is 0 Å². The number of carbonyl (C=O) groups is 3. The van der Waals surface area contributed by atoms with Gasteiger partial charge in [-0.1, -0.05) is 30.3 Å². The summed E-state index contributed by atoms with van der Waals surface area (Å²) in [5.41, 5.74) is 6.01. The van der Waals surface area contributed by atoms with E-state index < -0.39 is 5.91 Å². The van der Waals surface area contributed by atoms with Crippen LogP contribution >= 0.6 is 0 Å². The quantitative estimate of drug-likeness (QED) is 0.658. The molecule has 1 aromatic rings. The van der Waals surface area contributed by atoms with Crippen molar-refractivity contribution in [2.24, 2.45) is 23.2 Å². The average Bonchev–Trinajstić information content (AvgIpc) is 2.64. The molecule has 0 unspecified atom stereocenters. The molecule has 4 fully saturated rings. The van der Waals surface area contributed by atoms with Crippen molar-refractivity contribution in [2.75, 3.05) is 6.54 Å². The molecule has 150 valence electrons. The van der Waals surface area contributed by atoms with E-state index in [4.69, 9.17) is 0 Å². The van der Waals surface area contributed by atoms with Gasteiger partial charge in [0.25, 0.3) is 5.91 Å². The number of hydrogen-bond donors (Lipinski definition) is 3. The summed E-state index contributed by atoms with van der Waals surface area (Å²) in [5.74, 6) is 1.64. The van der Waals surface area contributed by atoms with Gasteiger partial charge in [-0.25, -0.2) is 0 Å². The van der Waals surface area contributed by atoms with Crippen LogP contribution in [0.2, 0.25) is 0 Å². The first kappa shape index (κ1) is 19.0. The van der Waals surface area contributed by atoms with Crippen LogP contribution in [0.15, 0.2) is 30.3 Å². The van der Waals surface area contributed by atoms with Gasteiger partial charge in [0.2, 0.25) is 11.8 Å². The molecule has 6 heteroatoms. The van der Waals surface area contributed by atoms with Crippen molar-refractivity contribution in [3.8, 4) is 0 Å². The number of benzene rings is 1. The van der Waals surface area contributed by atoms with Crippen LogP contribution in [0, 0.1) is 23.2 Å². The summed E-state index contributed by atoms with van der Waals surface area (Å²) in [7, 11) is 0. The predicted octanol–water partition coefficient (Wildman–Crippen LogP) is 2.10. The summed E-state index contributed by atoms with van der Waals surface area (Å²) >= 11 is 0. The maximum atomic E-state index is 12.4. The van der Waals surface area contributed by atoms with Crippen molar-refractivity contribution < 1.29 is 14.4 Å². The van der Waals surface area contributed by atoms with E-state index in [0.29, 0.717) is 6.42 Å². The average molecular weight is 383 g/mol. The van der Waals surface area contributed by atoms with Crippen LogP contribution in [0.4, 0.5) is 0 Å². The standard InChI is InChI=1S/C22H29N3O3/c26-19(9-15-4-2-1-3-5-15)23-14-21(28)25-24-20(27)13-22-10-16-6-17(11-22)8-18(7-16)12-22/h1-5,16-18H,6-14H2,(H,23,26)(H,24,27)(H,25,28). The highest BCUT2D eigenvalue weighted by molar-refractivity contribution is 5.87. The molecular weight excluding hydrogens is 354 g/mol. The lowest BCUT2D eigenvalue weighted by molar-refractivity contribution is -0.134. The summed E-state index contributed by atoms with van der Waals surface area (Å²) in [4.78, 5) is 36.2. The van der Waals surface area contributed by atoms with Crippen LogP contribution in [-0.2, 0) is 20.8 Å². The first-order chi connectivity index (χ1) is 13.5. The molecule has 0 heterocycles. The lowest BCUT2D eigenvalue weighted by atomic mass is 9.49. The number of hydrogen-bond acceptors (Lipinski definition) is 3. The fraction of sp³-hybridized carbons (Fsp3) is 0.591. The minimum atomic E-state index is -0.416. The topological polar surface area (TPSA) is 87.3 Å². The summed E-state index contributed by atoms with van der Waals surface area (Å²) in [6.07, 6.45) is 8.26. The molecule has 4 aliphatic carbocycles. The van der Waals surface area contributed by atoms with Gasteiger partial charge >= 0.3 is 0 Å². The lowest BCUT2D eigenvalue weighted by Gasteiger charge is -2.56. The van der Waals surface area contributed by atoms with E-state index in [0.717, 1.165) is 42.6 Å². The second-order valence-corrected chi connectivity index (χ2v) is 9.13. The first-order valence-corrected chi connectivity index (χ1v) is 10.4. The van der Waals surface area contributed by atoms with Gasteiger partial charge in [0.05, 0.1) is 13.0 Å². The fourth-order valence-electron chi connectivity index (χ4n) is 6.10. The zero-order chi connectivity index (χ0) is 19.6. The van der Waals surface area contributed by atoms with E-state index in [1.807, 2.05) is 30.3 Å². The summed E-state index contributed by atoms with van der Waals surface area (Å²) < 4.78 is 0. The maximum Gasteiger partial charge on any atom is 0.257 e. The molecule has 0 saturated heterocycles. The van der Waals surface area contributed by atoms with Crippen molar-refractivity contribution in [1.29, 1.82) is 0 Å². The zero-order valence-corrected chi connectivity index (χ0v) is 16.2. The van der Waals surface area contributed by atoms with Gasteiger partial charge in [-0.2, -0.15) is 0 Å². The van der Waals surface area contributed by atoms with E-state index in [9.17, 15) is 14.4 Å². The summed E-state index contributed by atoms with van der Waals surface area (Å²) in [5, 5.41) is 2.58. The van der Waals surface area contributed by atoms with Crippen LogP contribution in [0.25, 0.3) is 0 Å². The third-order valence-corrected chi connectivity index (χ3v) is 6.70. The number of amides is 3. The van der Waals surface area contributed by atoms with Gasteiger partial charge in [-0.15, -0.1) is 0 Å². The number of hydrazine groups is 1. The largest absolute Gasteiger partial charge is 0.347 e. The summed E-state index contributed by atoms with van der Waals surface area (Å²) in [6, 6.07) is 9.36. The van der Waals surface area contributed by atoms with Crippen molar-refractivity contribution in [1.82, 2.24) is 16.2 Å². The molecule has 0 spiro atoms. The number of rotatable bonds is 6. The molecule has 3 amide bonds. The van der Waals surface area contributed by atoms with Gasteiger partial charge in [0.1, 0.15) is 0 Å². The Bertz CT molecular complexity index is 711. The minimum Gasteiger partial charge on any atom is -0.347 e. The van der Waals surface area contributed by atoms with Crippen LogP contribution in [-0.4, -0.2) is 24.3 Å². The van der Waals surface area contributed by atoms with Crippen LogP contribution < -0.4 is 16.2 Å². The smallest absolute Gasteiger partial charge is 0.257 e. The van der Waals surface area contributed by atoms with Gasteiger partial charge in [-0.3, -0.25) is 25.2 Å². The Hall–Kier alpha value is -2.37. The minimum absolute atomic E-state index is 0.120. The van der Waals surface area contributed by atoms with E-state index in [2.05, 4.69) is 16.2 Å². The van der Waals surface area contributed by atoms with Crippen LogP contribution in [0.1, 0.15) is 50.5 Å². The third kappa shape index (κ3) is 4.54. The third-order valence-electron chi connectivity index (χ3n) is 6.70. The molecule has 4 saturated carbocycles. The Balaban J connectivity index is 1.17. The van der Waals surface area contributed by atoms with Gasteiger partial charge in [-0.05, 0) is 67.3 Å². The molecule has 5 rings (SSSR count). The molecule has 28 heavy (non-hydrogen) atoms. The van der Waals surface area contributed by atoms with Crippen LogP contribution in [0.3, 0.4) is 0 Å². The van der Waals surface area contributed by atoms with E-state index >= 15 is 0 Å². The zero-order valence-electron chi connectivity index (χ0n) is 16.2. The lowest BCUT2D eigenvalue weighted by Crippen LogP contribution is -2.51. The highest BCUT2D eigenvalue weighted by Gasteiger charge is 2.51. The molecule has 0 atom stereocenters. The Morgan fingerprint density at radius 3 is 2.00 bits per heavy atom. The molecule has 0 aliphatic heterocycles. The maximum absolute atomic E-state index is 12.4. The normalized spacial score (nSPS) is 29.9. The van der Waals surface area contributed by atoms with Crippen molar-refractivity contribution >= 4 is 17.7 Å². The SMILES string of the molecule is O=C(Cc1ccccc1)NCC(=O)NNC(=O)CC12CC3CC(CC(C3)C1)C2. The van der Waals surface area contributed by atoms with Gasteiger partial charge in [0, 0.05) is 6.42 Å². The van der Waals surface area contributed by atoms with Gasteiger partial charge < -0.3 is 5.32 Å². The molecule has 0 radical (unpaired) electrons. The number of carbonyl (C=O) groups excluding carboxylic acids is 3. The number of nitrogens with one attached hydrogen (secondary N) is 3. The monoisotopic (exact) mass is 383 g/mol. The fourth-order valence-corrected chi connectivity index (χ4v) is 6.10.